The van der Waals surface area contributed by atoms with E-state index in [1.807, 2.05) is 6.07 Å². The standard InChI is InChI=1S/C17H20N2O4S/c1-24(21,22)16-11-10-14(23-16)17(20)19-12-6-5-9-15(19)18-13-7-3-2-4-8-13/h5-6,9-13H,2-4,7-8H2,1H3. The summed E-state index contributed by atoms with van der Waals surface area (Å²) in [6.45, 7) is 0. The van der Waals surface area contributed by atoms with Crippen LogP contribution in [-0.2, 0) is 9.84 Å². The molecule has 1 aliphatic carbocycles. The monoisotopic (exact) mass is 348 g/mol. The fourth-order valence-corrected chi connectivity index (χ4v) is 3.42. The summed E-state index contributed by atoms with van der Waals surface area (Å²) in [5.74, 6) is -0.452. The summed E-state index contributed by atoms with van der Waals surface area (Å²) < 4.78 is 29.6. The summed E-state index contributed by atoms with van der Waals surface area (Å²) >= 11 is 0. The largest absolute Gasteiger partial charge is 0.440 e. The van der Waals surface area contributed by atoms with E-state index in [9.17, 15) is 13.2 Å². The quantitative estimate of drug-likeness (QED) is 0.853. The number of rotatable bonds is 3. The normalized spacial score (nSPS) is 17.1. The number of carbonyl (C=O) groups excluding carboxylic acids is 1. The Morgan fingerprint density at radius 3 is 2.58 bits per heavy atom. The molecule has 24 heavy (non-hydrogen) atoms. The highest BCUT2D eigenvalue weighted by Gasteiger charge is 2.19. The molecule has 0 saturated heterocycles. The van der Waals surface area contributed by atoms with Crippen molar-refractivity contribution in [3.05, 3.63) is 47.8 Å². The van der Waals surface area contributed by atoms with Crippen LogP contribution in [0, 0.1) is 0 Å². The van der Waals surface area contributed by atoms with Crippen LogP contribution in [0.4, 0.5) is 0 Å². The number of nitrogens with zero attached hydrogens (tertiary/aromatic N) is 2. The fraction of sp³-hybridized carbons (Fsp3) is 0.412. The zero-order chi connectivity index (χ0) is 17.2. The van der Waals surface area contributed by atoms with Crippen molar-refractivity contribution in [2.75, 3.05) is 6.26 Å². The average molecular weight is 348 g/mol. The van der Waals surface area contributed by atoms with Crippen LogP contribution in [0.2, 0.25) is 0 Å². The van der Waals surface area contributed by atoms with E-state index in [4.69, 9.17) is 9.41 Å². The van der Waals surface area contributed by atoms with Gasteiger partial charge in [-0.2, -0.15) is 0 Å². The summed E-state index contributed by atoms with van der Waals surface area (Å²) in [5, 5.41) is -0.215. The van der Waals surface area contributed by atoms with Gasteiger partial charge in [-0.05, 0) is 37.1 Å². The van der Waals surface area contributed by atoms with Crippen molar-refractivity contribution in [1.29, 1.82) is 0 Å². The highest BCUT2D eigenvalue weighted by Crippen LogP contribution is 2.19. The molecule has 0 spiro atoms. The van der Waals surface area contributed by atoms with Crippen molar-refractivity contribution in [2.24, 2.45) is 4.99 Å². The summed E-state index contributed by atoms with van der Waals surface area (Å²) in [6, 6.07) is 8.25. The molecule has 0 aromatic carbocycles. The molecule has 2 aromatic heterocycles. The Morgan fingerprint density at radius 2 is 1.92 bits per heavy atom. The topological polar surface area (TPSA) is 81.6 Å². The van der Waals surface area contributed by atoms with Crippen molar-refractivity contribution in [1.82, 2.24) is 4.57 Å². The van der Waals surface area contributed by atoms with E-state index in [2.05, 4.69) is 0 Å². The molecule has 0 N–H and O–H groups in total. The Bertz CT molecular complexity index is 902. The van der Waals surface area contributed by atoms with Crippen LogP contribution in [-0.4, -0.2) is 31.2 Å². The predicted octanol–water partition coefficient (Wildman–Crippen LogP) is 2.41. The van der Waals surface area contributed by atoms with Crippen LogP contribution in [0.1, 0.15) is 42.7 Å². The van der Waals surface area contributed by atoms with E-state index in [-0.39, 0.29) is 16.9 Å². The highest BCUT2D eigenvalue weighted by molar-refractivity contribution is 7.90. The lowest BCUT2D eigenvalue weighted by Gasteiger charge is -2.17. The van der Waals surface area contributed by atoms with Crippen molar-refractivity contribution in [2.45, 2.75) is 43.2 Å². The van der Waals surface area contributed by atoms with Gasteiger partial charge in [0.25, 0.3) is 5.91 Å². The van der Waals surface area contributed by atoms with Crippen molar-refractivity contribution in [3.63, 3.8) is 0 Å². The van der Waals surface area contributed by atoms with Gasteiger partial charge in [0.2, 0.25) is 14.9 Å². The van der Waals surface area contributed by atoms with Gasteiger partial charge in [-0.15, -0.1) is 0 Å². The van der Waals surface area contributed by atoms with Gasteiger partial charge in [0.1, 0.15) is 5.49 Å². The zero-order valence-electron chi connectivity index (χ0n) is 13.5. The Hall–Kier alpha value is -2.15. The molecule has 2 heterocycles. The second-order valence-corrected chi connectivity index (χ2v) is 7.99. The predicted molar refractivity (Wildman–Crippen MR) is 88.4 cm³/mol. The van der Waals surface area contributed by atoms with Crippen LogP contribution < -0.4 is 5.49 Å². The molecule has 7 heteroatoms. The van der Waals surface area contributed by atoms with Crippen LogP contribution in [0.25, 0.3) is 0 Å². The van der Waals surface area contributed by atoms with Gasteiger partial charge in [0, 0.05) is 12.5 Å². The van der Waals surface area contributed by atoms with Gasteiger partial charge >= 0.3 is 0 Å². The average Bonchev–Trinajstić information content (AvgIpc) is 3.06. The first kappa shape index (κ1) is 16.7. The van der Waals surface area contributed by atoms with E-state index in [1.165, 1.54) is 23.1 Å². The number of pyridine rings is 1. The van der Waals surface area contributed by atoms with Crippen molar-refractivity contribution >= 4 is 15.7 Å². The lowest BCUT2D eigenvalue weighted by molar-refractivity contribution is 0.0921. The van der Waals surface area contributed by atoms with Crippen molar-refractivity contribution < 1.29 is 17.6 Å². The van der Waals surface area contributed by atoms with E-state index in [0.717, 1.165) is 31.9 Å². The summed E-state index contributed by atoms with van der Waals surface area (Å²) in [4.78, 5) is 17.4. The first-order chi connectivity index (χ1) is 11.4. The first-order valence-corrected chi connectivity index (χ1v) is 9.90. The number of aromatic nitrogens is 1. The Labute approximate surface area is 140 Å². The van der Waals surface area contributed by atoms with Gasteiger partial charge in [0.15, 0.2) is 5.76 Å². The molecule has 1 aliphatic rings. The van der Waals surface area contributed by atoms with Crippen LogP contribution >= 0.6 is 0 Å². The number of carbonyl (C=O) groups is 1. The molecule has 128 valence electrons. The second-order valence-electron chi connectivity index (χ2n) is 6.05. The number of hydrogen-bond donors (Lipinski definition) is 0. The lowest BCUT2D eigenvalue weighted by atomic mass is 9.96. The molecule has 0 bridgehead atoms. The van der Waals surface area contributed by atoms with E-state index in [1.54, 1.807) is 18.3 Å². The number of hydrogen-bond acceptors (Lipinski definition) is 5. The maximum Gasteiger partial charge on any atom is 0.299 e. The van der Waals surface area contributed by atoms with Gasteiger partial charge in [-0.25, -0.2) is 8.42 Å². The van der Waals surface area contributed by atoms with Gasteiger partial charge in [0.05, 0.1) is 6.04 Å². The van der Waals surface area contributed by atoms with E-state index >= 15 is 0 Å². The molecular formula is C17H20N2O4S. The van der Waals surface area contributed by atoms with Gasteiger partial charge in [-0.1, -0.05) is 25.3 Å². The molecule has 2 aromatic rings. The maximum atomic E-state index is 12.7. The summed E-state index contributed by atoms with van der Waals surface area (Å²) in [5.41, 5.74) is 0.562. The van der Waals surface area contributed by atoms with Gasteiger partial charge < -0.3 is 4.42 Å². The number of sulfone groups is 1. The molecule has 3 rings (SSSR count). The smallest absolute Gasteiger partial charge is 0.299 e. The number of furan rings is 1. The van der Waals surface area contributed by atoms with Crippen LogP contribution in [0.5, 0.6) is 0 Å². The summed E-state index contributed by atoms with van der Waals surface area (Å²) in [7, 11) is -3.48. The minimum atomic E-state index is -3.48. The van der Waals surface area contributed by atoms with Gasteiger partial charge in [-0.3, -0.25) is 14.4 Å². The third-order valence-corrected chi connectivity index (χ3v) is 5.05. The molecule has 1 saturated carbocycles. The lowest BCUT2D eigenvalue weighted by Crippen LogP contribution is -2.29. The SMILES string of the molecule is CS(=O)(=O)c1ccc(C(=O)n2ccccc2=NC2CCCCC2)o1. The highest BCUT2D eigenvalue weighted by atomic mass is 32.2. The molecule has 0 atom stereocenters. The molecule has 1 fully saturated rings. The second kappa shape index (κ2) is 6.76. The van der Waals surface area contributed by atoms with E-state index in [0.29, 0.717) is 5.49 Å². The Kier molecular flexibility index (Phi) is 4.71. The zero-order valence-corrected chi connectivity index (χ0v) is 14.3. The molecule has 0 unspecified atom stereocenters. The molecule has 0 radical (unpaired) electrons. The minimum Gasteiger partial charge on any atom is -0.440 e. The maximum absolute atomic E-state index is 12.7. The van der Waals surface area contributed by atoms with Crippen LogP contribution in [0.15, 0.2) is 51.0 Å². The molecule has 0 amide bonds. The Morgan fingerprint density at radius 1 is 1.17 bits per heavy atom. The van der Waals surface area contributed by atoms with E-state index < -0.39 is 15.7 Å². The fourth-order valence-electron chi connectivity index (χ4n) is 2.86. The van der Waals surface area contributed by atoms with Crippen LogP contribution in [0.3, 0.4) is 0 Å². The molecule has 0 aliphatic heterocycles. The molecule has 6 nitrogen and oxygen atoms in total. The van der Waals surface area contributed by atoms with Crippen molar-refractivity contribution in [3.8, 4) is 0 Å². The minimum absolute atomic E-state index is 0.0216. The first-order valence-electron chi connectivity index (χ1n) is 8.01. The third-order valence-electron chi connectivity index (χ3n) is 4.10. The molecular weight excluding hydrogens is 328 g/mol. The summed E-state index contributed by atoms with van der Waals surface area (Å²) in [6.07, 6.45) is 8.27. The third kappa shape index (κ3) is 3.67. The Balaban J connectivity index is 1.96.